The number of amides is 2. The van der Waals surface area contributed by atoms with E-state index in [1.54, 1.807) is 31.2 Å². The van der Waals surface area contributed by atoms with E-state index in [0.717, 1.165) is 12.8 Å². The van der Waals surface area contributed by atoms with Gasteiger partial charge in [-0.3, -0.25) is 9.59 Å². The number of halogens is 1. The van der Waals surface area contributed by atoms with E-state index >= 15 is 0 Å². The van der Waals surface area contributed by atoms with Crippen LogP contribution in [0, 0.1) is 0 Å². The zero-order valence-electron chi connectivity index (χ0n) is 14.4. The van der Waals surface area contributed by atoms with Crippen LogP contribution in [-0.2, 0) is 9.59 Å². The van der Waals surface area contributed by atoms with Crippen LogP contribution in [-0.4, -0.2) is 30.2 Å². The summed E-state index contributed by atoms with van der Waals surface area (Å²) in [5, 5.41) is 7.56. The van der Waals surface area contributed by atoms with Gasteiger partial charge in [0, 0.05) is 16.8 Å². The van der Waals surface area contributed by atoms with Gasteiger partial charge in [0.1, 0.15) is 5.75 Å². The number of carbonyl (C=O) groups is 2. The van der Waals surface area contributed by atoms with Gasteiger partial charge in [-0.25, -0.2) is 5.43 Å². The molecular weight excluding hydrogens is 342 g/mol. The van der Waals surface area contributed by atoms with Crippen molar-refractivity contribution in [1.82, 2.24) is 10.7 Å². The van der Waals surface area contributed by atoms with Crippen molar-refractivity contribution < 1.29 is 14.3 Å². The molecule has 2 amide bonds. The highest BCUT2D eigenvalue weighted by molar-refractivity contribution is 6.30. The SMILES string of the molecule is CC(CC(=O)NC1CCCCC1)=NNC(=O)COc1ccc(Cl)cc1. The van der Waals surface area contributed by atoms with E-state index in [1.807, 2.05) is 0 Å². The second kappa shape index (κ2) is 10.0. The molecule has 0 unspecified atom stereocenters. The molecule has 0 aliphatic heterocycles. The van der Waals surface area contributed by atoms with Crippen LogP contribution in [0.3, 0.4) is 0 Å². The molecule has 0 heterocycles. The normalized spacial score (nSPS) is 15.5. The quantitative estimate of drug-likeness (QED) is 0.575. The first-order chi connectivity index (χ1) is 12.0. The van der Waals surface area contributed by atoms with Gasteiger partial charge in [-0.1, -0.05) is 30.9 Å². The Labute approximate surface area is 153 Å². The summed E-state index contributed by atoms with van der Waals surface area (Å²) in [5.41, 5.74) is 2.94. The molecule has 1 aromatic rings. The molecule has 0 saturated heterocycles. The van der Waals surface area contributed by atoms with Crippen molar-refractivity contribution in [3.63, 3.8) is 0 Å². The van der Waals surface area contributed by atoms with E-state index in [2.05, 4.69) is 15.8 Å². The average molecular weight is 366 g/mol. The zero-order valence-corrected chi connectivity index (χ0v) is 15.1. The maximum Gasteiger partial charge on any atom is 0.277 e. The molecule has 7 heteroatoms. The van der Waals surface area contributed by atoms with Crippen molar-refractivity contribution in [2.45, 2.75) is 51.5 Å². The van der Waals surface area contributed by atoms with Gasteiger partial charge in [0.25, 0.3) is 5.91 Å². The molecule has 25 heavy (non-hydrogen) atoms. The van der Waals surface area contributed by atoms with Gasteiger partial charge >= 0.3 is 0 Å². The van der Waals surface area contributed by atoms with Crippen molar-refractivity contribution in [3.05, 3.63) is 29.3 Å². The van der Waals surface area contributed by atoms with E-state index in [4.69, 9.17) is 16.3 Å². The second-order valence-electron chi connectivity index (χ2n) is 6.20. The molecule has 2 rings (SSSR count). The predicted octanol–water partition coefficient (Wildman–Crippen LogP) is 3.05. The van der Waals surface area contributed by atoms with Gasteiger partial charge in [0.15, 0.2) is 6.61 Å². The molecule has 136 valence electrons. The second-order valence-corrected chi connectivity index (χ2v) is 6.64. The molecule has 1 aliphatic carbocycles. The van der Waals surface area contributed by atoms with Crippen LogP contribution in [0.1, 0.15) is 45.4 Å². The summed E-state index contributed by atoms with van der Waals surface area (Å²) in [6, 6.07) is 7.00. The highest BCUT2D eigenvalue weighted by Gasteiger charge is 2.16. The maximum atomic E-state index is 12.0. The molecule has 1 aromatic carbocycles. The Balaban J connectivity index is 1.67. The smallest absolute Gasteiger partial charge is 0.277 e. The minimum Gasteiger partial charge on any atom is -0.484 e. The Morgan fingerprint density at radius 1 is 1.16 bits per heavy atom. The van der Waals surface area contributed by atoms with Gasteiger partial charge in [-0.05, 0) is 44.0 Å². The van der Waals surface area contributed by atoms with Gasteiger partial charge in [0.2, 0.25) is 5.91 Å². The minimum atomic E-state index is -0.387. The predicted molar refractivity (Wildman–Crippen MR) is 97.8 cm³/mol. The Hall–Kier alpha value is -2.08. The average Bonchev–Trinajstić information content (AvgIpc) is 2.60. The largest absolute Gasteiger partial charge is 0.484 e. The van der Waals surface area contributed by atoms with Gasteiger partial charge < -0.3 is 10.1 Å². The lowest BCUT2D eigenvalue weighted by Crippen LogP contribution is -2.37. The van der Waals surface area contributed by atoms with E-state index in [0.29, 0.717) is 16.5 Å². The Kier molecular flexibility index (Phi) is 7.73. The first-order valence-corrected chi connectivity index (χ1v) is 8.90. The number of rotatable bonds is 7. The van der Waals surface area contributed by atoms with E-state index in [9.17, 15) is 9.59 Å². The van der Waals surface area contributed by atoms with Crippen LogP contribution in [0.2, 0.25) is 5.02 Å². The third kappa shape index (κ3) is 7.56. The lowest BCUT2D eigenvalue weighted by molar-refractivity contribution is -0.123. The fourth-order valence-corrected chi connectivity index (χ4v) is 2.79. The van der Waals surface area contributed by atoms with Crippen LogP contribution < -0.4 is 15.5 Å². The Morgan fingerprint density at radius 2 is 1.84 bits per heavy atom. The summed E-state index contributed by atoms with van der Waals surface area (Å²) < 4.78 is 5.32. The van der Waals surface area contributed by atoms with Crippen molar-refractivity contribution in [3.8, 4) is 5.75 Å². The summed E-state index contributed by atoms with van der Waals surface area (Å²) in [4.78, 5) is 23.7. The van der Waals surface area contributed by atoms with Crippen molar-refractivity contribution in [2.75, 3.05) is 6.61 Å². The maximum absolute atomic E-state index is 12.0. The lowest BCUT2D eigenvalue weighted by Gasteiger charge is -2.22. The number of hydrogen-bond acceptors (Lipinski definition) is 4. The molecule has 1 aliphatic rings. The van der Waals surface area contributed by atoms with Gasteiger partial charge in [-0.2, -0.15) is 5.10 Å². The van der Waals surface area contributed by atoms with E-state index in [1.165, 1.54) is 19.3 Å². The lowest BCUT2D eigenvalue weighted by atomic mass is 9.95. The molecule has 2 N–H and O–H groups in total. The van der Waals surface area contributed by atoms with Crippen molar-refractivity contribution in [2.24, 2.45) is 5.10 Å². The number of benzene rings is 1. The molecule has 0 atom stereocenters. The molecule has 0 spiro atoms. The van der Waals surface area contributed by atoms with E-state index < -0.39 is 0 Å². The number of carbonyl (C=O) groups excluding carboxylic acids is 2. The van der Waals surface area contributed by atoms with Crippen LogP contribution in [0.25, 0.3) is 0 Å². The molecular formula is C18H24ClN3O3. The highest BCUT2D eigenvalue weighted by Crippen LogP contribution is 2.17. The topological polar surface area (TPSA) is 79.8 Å². The van der Waals surface area contributed by atoms with E-state index in [-0.39, 0.29) is 30.9 Å². The molecule has 0 aromatic heterocycles. The first kappa shape index (κ1) is 19.2. The monoisotopic (exact) mass is 365 g/mol. The first-order valence-electron chi connectivity index (χ1n) is 8.52. The molecule has 0 bridgehead atoms. The van der Waals surface area contributed by atoms with Crippen LogP contribution in [0.5, 0.6) is 5.75 Å². The third-order valence-corrected chi connectivity index (χ3v) is 4.19. The number of nitrogens with zero attached hydrogens (tertiary/aromatic N) is 1. The van der Waals surface area contributed by atoms with Crippen LogP contribution >= 0.6 is 11.6 Å². The van der Waals surface area contributed by atoms with Gasteiger partial charge in [-0.15, -0.1) is 0 Å². The van der Waals surface area contributed by atoms with Crippen molar-refractivity contribution >= 4 is 29.1 Å². The number of ether oxygens (including phenoxy) is 1. The van der Waals surface area contributed by atoms with Crippen LogP contribution in [0.15, 0.2) is 29.4 Å². The number of hydrogen-bond donors (Lipinski definition) is 2. The fourth-order valence-electron chi connectivity index (χ4n) is 2.67. The number of nitrogens with one attached hydrogen (secondary N) is 2. The molecule has 6 nitrogen and oxygen atoms in total. The number of hydrazone groups is 1. The Bertz CT molecular complexity index is 610. The highest BCUT2D eigenvalue weighted by atomic mass is 35.5. The summed E-state index contributed by atoms with van der Waals surface area (Å²) in [5.74, 6) is 0.105. The molecule has 1 saturated carbocycles. The third-order valence-electron chi connectivity index (χ3n) is 3.94. The van der Waals surface area contributed by atoms with Gasteiger partial charge in [0.05, 0.1) is 6.42 Å². The molecule has 1 fully saturated rings. The summed E-state index contributed by atoms with van der Waals surface area (Å²) in [6.45, 7) is 1.55. The van der Waals surface area contributed by atoms with Crippen molar-refractivity contribution in [1.29, 1.82) is 0 Å². The minimum absolute atomic E-state index is 0.0557. The summed E-state index contributed by atoms with van der Waals surface area (Å²) in [6.07, 6.45) is 5.84. The fraction of sp³-hybridized carbons (Fsp3) is 0.500. The molecule has 0 radical (unpaired) electrons. The standard InChI is InChI=1S/C18H24ClN3O3/c1-13(11-17(23)20-15-5-3-2-4-6-15)21-22-18(24)12-25-16-9-7-14(19)8-10-16/h7-10,15H,2-6,11-12H2,1H3,(H,20,23)(H,22,24). The summed E-state index contributed by atoms with van der Waals surface area (Å²) in [7, 11) is 0. The Morgan fingerprint density at radius 3 is 2.52 bits per heavy atom. The summed E-state index contributed by atoms with van der Waals surface area (Å²) >= 11 is 5.78. The van der Waals surface area contributed by atoms with Crippen LogP contribution in [0.4, 0.5) is 0 Å². The zero-order chi connectivity index (χ0) is 18.1.